The zero-order chi connectivity index (χ0) is 23.5. The third-order valence-electron chi connectivity index (χ3n) is 5.47. The molecule has 0 saturated heterocycles. The minimum absolute atomic E-state index is 0.367. The number of nitrogens with one attached hydrogen (secondary N) is 1. The third kappa shape index (κ3) is 6.13. The van der Waals surface area contributed by atoms with Gasteiger partial charge in [0.2, 0.25) is 0 Å². The van der Waals surface area contributed by atoms with Crippen LogP contribution in [0.5, 0.6) is 0 Å². The molecule has 0 aromatic heterocycles. The van der Waals surface area contributed by atoms with Crippen LogP contribution in [-0.2, 0) is 23.7 Å². The standard InChI is InChI=1S/C24H34N2O5Si/c1-5-26(19-18-25-17-12-20-32(29-2,30-3)31-4)23(27)24(28,21-13-8-6-9-14-21)22-15-10-7-11-16-22/h5-11,13-16,25,28H,1,12,17-20H2,2-4H3. The van der Waals surface area contributed by atoms with Gasteiger partial charge in [0, 0.05) is 40.5 Å². The van der Waals surface area contributed by atoms with E-state index in [1.165, 1.54) is 11.1 Å². The van der Waals surface area contributed by atoms with Crippen molar-refractivity contribution in [1.82, 2.24) is 10.2 Å². The highest BCUT2D eigenvalue weighted by molar-refractivity contribution is 6.60. The predicted octanol–water partition coefficient (Wildman–Crippen LogP) is 2.75. The van der Waals surface area contributed by atoms with E-state index in [0.717, 1.165) is 6.42 Å². The first kappa shape index (κ1) is 25.9. The average molecular weight is 459 g/mol. The largest absolute Gasteiger partial charge is 0.500 e. The Morgan fingerprint density at radius 3 is 1.94 bits per heavy atom. The topological polar surface area (TPSA) is 80.3 Å². The molecule has 32 heavy (non-hydrogen) atoms. The van der Waals surface area contributed by atoms with Crippen molar-refractivity contribution < 1.29 is 23.2 Å². The van der Waals surface area contributed by atoms with Gasteiger partial charge in [0.05, 0.1) is 0 Å². The molecule has 0 saturated carbocycles. The molecule has 2 aromatic carbocycles. The van der Waals surface area contributed by atoms with E-state index < -0.39 is 20.3 Å². The Morgan fingerprint density at radius 2 is 1.50 bits per heavy atom. The lowest BCUT2D eigenvalue weighted by Gasteiger charge is -2.32. The average Bonchev–Trinajstić information content (AvgIpc) is 2.86. The summed E-state index contributed by atoms with van der Waals surface area (Å²) in [6.45, 7) is 5.41. The summed E-state index contributed by atoms with van der Waals surface area (Å²) >= 11 is 0. The Hall–Kier alpha value is -2.33. The van der Waals surface area contributed by atoms with Gasteiger partial charge in [0.1, 0.15) is 0 Å². The van der Waals surface area contributed by atoms with Crippen LogP contribution in [0.25, 0.3) is 0 Å². The van der Waals surface area contributed by atoms with E-state index in [9.17, 15) is 9.90 Å². The molecule has 7 nitrogen and oxygen atoms in total. The van der Waals surface area contributed by atoms with Crippen LogP contribution in [0.2, 0.25) is 6.04 Å². The Balaban J connectivity index is 2.03. The molecule has 0 radical (unpaired) electrons. The van der Waals surface area contributed by atoms with Crippen molar-refractivity contribution in [3.8, 4) is 0 Å². The van der Waals surface area contributed by atoms with Crippen molar-refractivity contribution in [3.63, 3.8) is 0 Å². The number of nitrogens with zero attached hydrogens (tertiary/aromatic N) is 1. The van der Waals surface area contributed by atoms with Crippen molar-refractivity contribution in [2.45, 2.75) is 18.1 Å². The fourth-order valence-electron chi connectivity index (χ4n) is 3.57. The minimum Gasteiger partial charge on any atom is -0.377 e. The van der Waals surface area contributed by atoms with E-state index in [1.54, 1.807) is 69.9 Å². The molecule has 0 unspecified atom stereocenters. The van der Waals surface area contributed by atoms with Gasteiger partial charge in [-0.25, -0.2) is 0 Å². The van der Waals surface area contributed by atoms with Crippen LogP contribution in [0.15, 0.2) is 73.4 Å². The van der Waals surface area contributed by atoms with Gasteiger partial charge in [-0.15, -0.1) is 0 Å². The number of hydrogen-bond donors (Lipinski definition) is 2. The molecule has 2 N–H and O–H groups in total. The molecule has 0 aliphatic heterocycles. The van der Waals surface area contributed by atoms with Crippen LogP contribution >= 0.6 is 0 Å². The van der Waals surface area contributed by atoms with Gasteiger partial charge in [-0.3, -0.25) is 4.79 Å². The van der Waals surface area contributed by atoms with Crippen molar-refractivity contribution >= 4 is 14.7 Å². The van der Waals surface area contributed by atoms with E-state index in [1.807, 2.05) is 12.1 Å². The number of amides is 1. The van der Waals surface area contributed by atoms with Crippen molar-refractivity contribution in [2.24, 2.45) is 0 Å². The molecule has 8 heteroatoms. The van der Waals surface area contributed by atoms with E-state index in [0.29, 0.717) is 36.8 Å². The number of rotatable bonds is 14. The first-order valence-electron chi connectivity index (χ1n) is 10.6. The summed E-state index contributed by atoms with van der Waals surface area (Å²) in [5, 5.41) is 15.0. The van der Waals surface area contributed by atoms with E-state index in [4.69, 9.17) is 13.3 Å². The monoisotopic (exact) mass is 458 g/mol. The molecule has 2 aromatic rings. The predicted molar refractivity (Wildman–Crippen MR) is 127 cm³/mol. The van der Waals surface area contributed by atoms with Gasteiger partial charge < -0.3 is 28.6 Å². The highest BCUT2D eigenvalue weighted by Crippen LogP contribution is 2.31. The quantitative estimate of drug-likeness (QED) is 0.335. The van der Waals surface area contributed by atoms with Crippen molar-refractivity contribution in [3.05, 3.63) is 84.6 Å². The second kappa shape index (κ2) is 12.6. The zero-order valence-electron chi connectivity index (χ0n) is 19.1. The maximum atomic E-state index is 13.5. The fraction of sp³-hybridized carbons (Fsp3) is 0.375. The van der Waals surface area contributed by atoms with Gasteiger partial charge >= 0.3 is 8.80 Å². The number of aliphatic hydroxyl groups is 1. The van der Waals surface area contributed by atoms with Crippen LogP contribution in [-0.4, -0.2) is 65.7 Å². The molecule has 174 valence electrons. The van der Waals surface area contributed by atoms with Crippen LogP contribution in [0.4, 0.5) is 0 Å². The lowest BCUT2D eigenvalue weighted by atomic mass is 9.85. The summed E-state index contributed by atoms with van der Waals surface area (Å²) in [5.41, 5.74) is -0.788. The number of hydrogen-bond acceptors (Lipinski definition) is 6. The van der Waals surface area contributed by atoms with Crippen LogP contribution < -0.4 is 5.32 Å². The summed E-state index contributed by atoms with van der Waals surface area (Å²) in [7, 11) is 2.22. The molecule has 0 fully saturated rings. The minimum atomic E-state index is -2.58. The normalized spacial score (nSPS) is 11.9. The molecule has 0 aliphatic rings. The Labute approximate surface area is 192 Å². The molecule has 1 amide bonds. The second-order valence-electron chi connectivity index (χ2n) is 7.27. The fourth-order valence-corrected chi connectivity index (χ4v) is 5.29. The lowest BCUT2D eigenvalue weighted by molar-refractivity contribution is -0.145. The number of benzene rings is 2. The smallest absolute Gasteiger partial charge is 0.377 e. The first-order valence-corrected chi connectivity index (χ1v) is 12.5. The molecule has 0 aliphatic carbocycles. The maximum Gasteiger partial charge on any atom is 0.500 e. The zero-order valence-corrected chi connectivity index (χ0v) is 20.1. The van der Waals surface area contributed by atoms with Gasteiger partial charge in [-0.1, -0.05) is 67.2 Å². The molecule has 0 atom stereocenters. The SMILES string of the molecule is C=CN(CCNCCC[Si](OC)(OC)OC)C(=O)C(O)(c1ccccc1)c1ccccc1. The molecule has 0 bridgehead atoms. The van der Waals surface area contributed by atoms with Crippen molar-refractivity contribution in [2.75, 3.05) is 41.0 Å². The molecule has 2 rings (SSSR count). The van der Waals surface area contributed by atoms with E-state index >= 15 is 0 Å². The second-order valence-corrected chi connectivity index (χ2v) is 10.4. The molecular formula is C24H34N2O5Si. The molecular weight excluding hydrogens is 424 g/mol. The summed E-state index contributed by atoms with van der Waals surface area (Å²) in [4.78, 5) is 14.9. The van der Waals surface area contributed by atoms with Crippen LogP contribution in [0, 0.1) is 0 Å². The van der Waals surface area contributed by atoms with Gasteiger partial charge in [-0.2, -0.15) is 0 Å². The van der Waals surface area contributed by atoms with Crippen LogP contribution in [0.3, 0.4) is 0 Å². The summed E-state index contributed by atoms with van der Waals surface area (Å²) in [6.07, 6.45) is 2.27. The summed E-state index contributed by atoms with van der Waals surface area (Å²) < 4.78 is 16.3. The number of carbonyl (C=O) groups excluding carboxylic acids is 1. The Kier molecular flexibility index (Phi) is 10.2. The van der Waals surface area contributed by atoms with Gasteiger partial charge in [0.25, 0.3) is 5.91 Å². The van der Waals surface area contributed by atoms with Gasteiger partial charge in [0.15, 0.2) is 5.60 Å². The first-order chi connectivity index (χ1) is 15.5. The molecule has 0 spiro atoms. The summed E-state index contributed by atoms with van der Waals surface area (Å²) in [5.74, 6) is -0.448. The van der Waals surface area contributed by atoms with E-state index in [2.05, 4.69) is 11.9 Å². The maximum absolute atomic E-state index is 13.5. The van der Waals surface area contributed by atoms with Crippen molar-refractivity contribution in [1.29, 1.82) is 0 Å². The lowest BCUT2D eigenvalue weighted by Crippen LogP contribution is -2.47. The Bertz CT molecular complexity index is 783. The van der Waals surface area contributed by atoms with Crippen LogP contribution in [0.1, 0.15) is 17.5 Å². The Morgan fingerprint density at radius 1 is 1.00 bits per heavy atom. The number of carbonyl (C=O) groups is 1. The molecule has 0 heterocycles. The summed E-state index contributed by atoms with van der Waals surface area (Å²) in [6, 6.07) is 18.6. The third-order valence-corrected chi connectivity index (χ3v) is 8.30. The van der Waals surface area contributed by atoms with Gasteiger partial charge in [-0.05, 0) is 30.3 Å². The highest BCUT2D eigenvalue weighted by atomic mass is 28.4. The van der Waals surface area contributed by atoms with E-state index in [-0.39, 0.29) is 0 Å². The highest BCUT2D eigenvalue weighted by Gasteiger charge is 2.42.